The Labute approximate surface area is 122 Å². The lowest BCUT2D eigenvalue weighted by Gasteiger charge is -2.33. The predicted octanol–water partition coefficient (Wildman–Crippen LogP) is 1.73. The Morgan fingerprint density at radius 2 is 2.24 bits per heavy atom. The molecule has 0 radical (unpaired) electrons. The van der Waals surface area contributed by atoms with E-state index in [1.807, 2.05) is 6.07 Å². The van der Waals surface area contributed by atoms with Crippen molar-refractivity contribution in [3.63, 3.8) is 0 Å². The number of methoxy groups -OCH3 is 1. The number of benzene rings is 1. The van der Waals surface area contributed by atoms with E-state index in [2.05, 4.69) is 10.2 Å². The third kappa shape index (κ3) is 2.49. The van der Waals surface area contributed by atoms with Gasteiger partial charge in [-0.2, -0.15) is 5.10 Å². The van der Waals surface area contributed by atoms with Crippen LogP contribution >= 0.6 is 0 Å². The molecule has 0 spiro atoms. The number of ether oxygens (including phenoxy) is 1. The Kier molecular flexibility index (Phi) is 3.60. The molecule has 2 heterocycles. The number of hydrogen-bond acceptors (Lipinski definition) is 4. The molecule has 1 amide bonds. The van der Waals surface area contributed by atoms with Gasteiger partial charge in [0.2, 0.25) is 0 Å². The topological polar surface area (TPSA) is 75.3 Å². The molecule has 1 atom stereocenters. The van der Waals surface area contributed by atoms with Crippen molar-refractivity contribution < 1.29 is 14.3 Å². The number of aromatic nitrogens is 2. The van der Waals surface area contributed by atoms with Crippen molar-refractivity contribution in [2.75, 3.05) is 13.7 Å². The minimum Gasteiger partial charge on any atom is -0.467 e. The third-order valence-electron chi connectivity index (χ3n) is 3.92. The van der Waals surface area contributed by atoms with Crippen LogP contribution in [0, 0.1) is 0 Å². The number of nitrogens with zero attached hydrogens (tertiary/aromatic N) is 2. The van der Waals surface area contributed by atoms with E-state index in [1.165, 1.54) is 7.11 Å². The molecular formula is C15H17N3O3. The van der Waals surface area contributed by atoms with E-state index in [-0.39, 0.29) is 11.9 Å². The van der Waals surface area contributed by atoms with Crippen LogP contribution in [0.5, 0.6) is 0 Å². The third-order valence-corrected chi connectivity index (χ3v) is 3.92. The SMILES string of the molecule is COC(=O)C1CCCCN1C(=O)c1ccc2[nH]ncc2c1. The normalized spacial score (nSPS) is 18.7. The van der Waals surface area contributed by atoms with E-state index in [9.17, 15) is 9.59 Å². The highest BCUT2D eigenvalue weighted by Crippen LogP contribution is 2.22. The summed E-state index contributed by atoms with van der Waals surface area (Å²) < 4.78 is 4.82. The number of hydrogen-bond donors (Lipinski definition) is 1. The average molecular weight is 287 g/mol. The lowest BCUT2D eigenvalue weighted by Crippen LogP contribution is -2.48. The van der Waals surface area contributed by atoms with Crippen molar-refractivity contribution in [3.8, 4) is 0 Å². The molecule has 2 aromatic rings. The summed E-state index contributed by atoms with van der Waals surface area (Å²) in [6, 6.07) is 4.90. The van der Waals surface area contributed by atoms with Crippen molar-refractivity contribution in [2.24, 2.45) is 0 Å². The summed E-state index contributed by atoms with van der Waals surface area (Å²) in [6.45, 7) is 0.585. The number of carbonyl (C=O) groups is 2. The molecule has 1 aliphatic heterocycles. The van der Waals surface area contributed by atoms with Gasteiger partial charge in [0.25, 0.3) is 5.91 Å². The van der Waals surface area contributed by atoms with Crippen LogP contribution in [0.15, 0.2) is 24.4 Å². The Hall–Kier alpha value is -2.37. The monoisotopic (exact) mass is 287 g/mol. The number of esters is 1. The molecule has 6 nitrogen and oxygen atoms in total. The van der Waals surface area contributed by atoms with Gasteiger partial charge < -0.3 is 9.64 Å². The van der Waals surface area contributed by atoms with Gasteiger partial charge in [0, 0.05) is 17.5 Å². The first-order valence-electron chi connectivity index (χ1n) is 7.02. The molecule has 1 aromatic carbocycles. The summed E-state index contributed by atoms with van der Waals surface area (Å²) in [4.78, 5) is 26.2. The minimum absolute atomic E-state index is 0.131. The van der Waals surface area contributed by atoms with Gasteiger partial charge in [0.05, 0.1) is 18.8 Å². The number of nitrogens with one attached hydrogen (secondary N) is 1. The fraction of sp³-hybridized carbons (Fsp3) is 0.400. The lowest BCUT2D eigenvalue weighted by molar-refractivity contribution is -0.147. The molecule has 110 valence electrons. The van der Waals surface area contributed by atoms with Gasteiger partial charge in [-0.05, 0) is 37.5 Å². The molecule has 6 heteroatoms. The van der Waals surface area contributed by atoms with Crippen LogP contribution in [0.1, 0.15) is 29.6 Å². The Bertz CT molecular complexity index is 680. The lowest BCUT2D eigenvalue weighted by atomic mass is 10.0. The summed E-state index contributed by atoms with van der Waals surface area (Å²) >= 11 is 0. The van der Waals surface area contributed by atoms with E-state index >= 15 is 0 Å². The summed E-state index contributed by atoms with van der Waals surface area (Å²) in [5.74, 6) is -0.472. The molecule has 0 saturated carbocycles. The van der Waals surface area contributed by atoms with Gasteiger partial charge in [0.15, 0.2) is 0 Å². The maximum absolute atomic E-state index is 12.7. The second-order valence-electron chi connectivity index (χ2n) is 5.21. The Balaban J connectivity index is 1.89. The summed E-state index contributed by atoms with van der Waals surface area (Å²) in [6.07, 6.45) is 4.18. The zero-order chi connectivity index (χ0) is 14.8. The number of carbonyl (C=O) groups excluding carboxylic acids is 2. The van der Waals surface area contributed by atoms with Crippen LogP contribution in [0.3, 0.4) is 0 Å². The molecule has 21 heavy (non-hydrogen) atoms. The van der Waals surface area contributed by atoms with Crippen LogP contribution in [0.4, 0.5) is 0 Å². The number of piperidine rings is 1. The number of fused-ring (bicyclic) bond motifs is 1. The largest absolute Gasteiger partial charge is 0.467 e. The smallest absolute Gasteiger partial charge is 0.328 e. The summed E-state index contributed by atoms with van der Waals surface area (Å²) in [5.41, 5.74) is 1.45. The van der Waals surface area contributed by atoms with Crippen LogP contribution in [-0.4, -0.2) is 46.7 Å². The average Bonchev–Trinajstić information content (AvgIpc) is 3.01. The van der Waals surface area contributed by atoms with Crippen molar-refractivity contribution in [1.82, 2.24) is 15.1 Å². The number of rotatable bonds is 2. The molecule has 1 aromatic heterocycles. The van der Waals surface area contributed by atoms with Gasteiger partial charge >= 0.3 is 5.97 Å². The van der Waals surface area contributed by atoms with Crippen LogP contribution in [-0.2, 0) is 9.53 Å². The molecule has 1 N–H and O–H groups in total. The minimum atomic E-state index is -0.476. The van der Waals surface area contributed by atoms with Gasteiger partial charge in [0.1, 0.15) is 6.04 Å². The molecule has 0 bridgehead atoms. The molecule has 1 unspecified atom stereocenters. The maximum atomic E-state index is 12.7. The van der Waals surface area contributed by atoms with Gasteiger partial charge in [-0.3, -0.25) is 9.89 Å². The van der Waals surface area contributed by atoms with E-state index < -0.39 is 6.04 Å². The number of H-pyrrole nitrogens is 1. The quantitative estimate of drug-likeness (QED) is 0.854. The van der Waals surface area contributed by atoms with Gasteiger partial charge in [-0.25, -0.2) is 4.79 Å². The maximum Gasteiger partial charge on any atom is 0.328 e. The predicted molar refractivity (Wildman–Crippen MR) is 76.8 cm³/mol. The highest BCUT2D eigenvalue weighted by atomic mass is 16.5. The fourth-order valence-electron chi connectivity index (χ4n) is 2.80. The number of amides is 1. The Morgan fingerprint density at radius 3 is 3.05 bits per heavy atom. The zero-order valence-electron chi connectivity index (χ0n) is 11.8. The standard InChI is InChI=1S/C15H17N3O3/c1-21-15(20)13-4-2-3-7-18(13)14(19)10-5-6-12-11(8-10)9-16-17-12/h5-6,8-9,13H,2-4,7H2,1H3,(H,16,17). The van der Waals surface area contributed by atoms with Crippen molar-refractivity contribution in [3.05, 3.63) is 30.0 Å². The number of aromatic amines is 1. The molecule has 3 rings (SSSR count). The molecule has 1 fully saturated rings. The van der Waals surface area contributed by atoms with Crippen LogP contribution in [0.2, 0.25) is 0 Å². The Morgan fingerprint density at radius 1 is 1.38 bits per heavy atom. The van der Waals surface area contributed by atoms with E-state index in [1.54, 1.807) is 23.2 Å². The molecular weight excluding hydrogens is 270 g/mol. The summed E-state index contributed by atoms with van der Waals surface area (Å²) in [7, 11) is 1.36. The first-order valence-corrected chi connectivity index (χ1v) is 7.02. The number of likely N-dealkylation sites (tertiary alicyclic amines) is 1. The second-order valence-corrected chi connectivity index (χ2v) is 5.21. The first-order chi connectivity index (χ1) is 10.2. The van der Waals surface area contributed by atoms with E-state index in [0.717, 1.165) is 23.7 Å². The molecule has 1 aliphatic rings. The van der Waals surface area contributed by atoms with E-state index in [4.69, 9.17) is 4.74 Å². The van der Waals surface area contributed by atoms with E-state index in [0.29, 0.717) is 18.5 Å². The van der Waals surface area contributed by atoms with Gasteiger partial charge in [-0.1, -0.05) is 0 Å². The fourth-order valence-corrected chi connectivity index (χ4v) is 2.80. The zero-order valence-corrected chi connectivity index (χ0v) is 11.8. The second kappa shape index (κ2) is 5.55. The highest BCUT2D eigenvalue weighted by Gasteiger charge is 2.33. The van der Waals surface area contributed by atoms with Gasteiger partial charge in [-0.15, -0.1) is 0 Å². The van der Waals surface area contributed by atoms with Crippen LogP contribution < -0.4 is 0 Å². The van der Waals surface area contributed by atoms with Crippen molar-refractivity contribution in [2.45, 2.75) is 25.3 Å². The van der Waals surface area contributed by atoms with Crippen molar-refractivity contribution >= 4 is 22.8 Å². The van der Waals surface area contributed by atoms with Crippen molar-refractivity contribution in [1.29, 1.82) is 0 Å². The first kappa shape index (κ1) is 13.6. The molecule has 0 aliphatic carbocycles. The molecule has 1 saturated heterocycles. The highest BCUT2D eigenvalue weighted by molar-refractivity contribution is 5.99. The van der Waals surface area contributed by atoms with Crippen LogP contribution in [0.25, 0.3) is 10.9 Å². The summed E-state index contributed by atoms with van der Waals surface area (Å²) in [5, 5.41) is 7.68.